The number of likely N-dealkylation sites (tertiary alicyclic amines) is 1. The Labute approximate surface area is 175 Å². The molecule has 2 amide bonds. The van der Waals surface area contributed by atoms with Crippen molar-refractivity contribution in [2.75, 3.05) is 26.7 Å². The molecule has 6 nitrogen and oxygen atoms in total. The molecule has 2 aliphatic rings. The lowest BCUT2D eigenvalue weighted by Gasteiger charge is -2.41. The van der Waals surface area contributed by atoms with Gasteiger partial charge >= 0.3 is 0 Å². The predicted octanol–water partition coefficient (Wildman–Crippen LogP) is 2.95. The Morgan fingerprint density at radius 3 is 2.73 bits per heavy atom. The summed E-state index contributed by atoms with van der Waals surface area (Å²) >= 11 is 0. The van der Waals surface area contributed by atoms with E-state index in [0.717, 1.165) is 0 Å². The Hall–Kier alpha value is -3.09. The highest BCUT2D eigenvalue weighted by Gasteiger charge is 2.41. The number of halogens is 1. The summed E-state index contributed by atoms with van der Waals surface area (Å²) in [5, 5.41) is 2.94. The molecule has 158 valence electrons. The lowest BCUT2D eigenvalue weighted by Crippen LogP contribution is -2.54. The topological polar surface area (TPSA) is 67.9 Å². The number of nitrogens with zero attached hydrogens (tertiary/aromatic N) is 1. The van der Waals surface area contributed by atoms with Crippen molar-refractivity contribution in [3.05, 3.63) is 59.4 Å². The molecule has 1 N–H and O–H groups in total. The van der Waals surface area contributed by atoms with Gasteiger partial charge in [0.25, 0.3) is 5.91 Å². The quantitative estimate of drug-likeness (QED) is 0.839. The monoisotopic (exact) mass is 412 g/mol. The summed E-state index contributed by atoms with van der Waals surface area (Å²) in [6.07, 6.45) is 1.89. The fraction of sp³-hybridized carbons (Fsp3) is 0.391. The molecule has 0 aromatic heterocycles. The Bertz CT molecular complexity index is 954. The molecule has 1 fully saturated rings. The normalized spacial score (nSPS) is 17.5. The van der Waals surface area contributed by atoms with Crippen molar-refractivity contribution < 1.29 is 23.5 Å². The van der Waals surface area contributed by atoms with Crippen LogP contribution in [0.1, 0.15) is 35.2 Å². The number of aryl methyl sites for hydroxylation is 1. The largest absolute Gasteiger partial charge is 0.497 e. The molecule has 2 aliphatic heterocycles. The number of fused-ring (bicyclic) bond motifs is 1. The summed E-state index contributed by atoms with van der Waals surface area (Å²) in [4.78, 5) is 26.9. The lowest BCUT2D eigenvalue weighted by atomic mass is 9.90. The number of hydrogen-bond acceptors (Lipinski definition) is 4. The average Bonchev–Trinajstić information content (AvgIpc) is 2.90. The molecule has 1 saturated heterocycles. The van der Waals surface area contributed by atoms with E-state index in [1.807, 2.05) is 0 Å². The molecule has 2 heterocycles. The molecule has 0 radical (unpaired) electrons. The molecule has 2 aromatic rings. The van der Waals surface area contributed by atoms with E-state index in [2.05, 4.69) is 5.32 Å². The number of hydrogen-bond donors (Lipinski definition) is 1. The maximum absolute atomic E-state index is 13.8. The molecular weight excluding hydrogens is 387 g/mol. The molecule has 0 atom stereocenters. The number of carbonyl (C=O) groups excluding carboxylic acids is 2. The minimum atomic E-state index is -0.544. The van der Waals surface area contributed by atoms with Crippen LogP contribution in [0.15, 0.2) is 42.5 Å². The Balaban J connectivity index is 1.39. The van der Waals surface area contributed by atoms with Crippen molar-refractivity contribution in [2.24, 2.45) is 0 Å². The van der Waals surface area contributed by atoms with Crippen LogP contribution < -0.4 is 14.8 Å². The van der Waals surface area contributed by atoms with Crippen molar-refractivity contribution in [1.29, 1.82) is 0 Å². The molecule has 30 heavy (non-hydrogen) atoms. The van der Waals surface area contributed by atoms with Gasteiger partial charge in [-0.1, -0.05) is 18.2 Å². The third-order valence-corrected chi connectivity index (χ3v) is 5.92. The maximum Gasteiger partial charge on any atom is 0.255 e. The first kappa shape index (κ1) is 20.2. The fourth-order valence-corrected chi connectivity index (χ4v) is 4.05. The summed E-state index contributed by atoms with van der Waals surface area (Å²) in [6, 6.07) is 11.7. The van der Waals surface area contributed by atoms with Gasteiger partial charge in [-0.15, -0.1) is 0 Å². The zero-order chi connectivity index (χ0) is 21.1. The molecule has 0 saturated carbocycles. The van der Waals surface area contributed by atoms with E-state index >= 15 is 0 Å². The zero-order valence-corrected chi connectivity index (χ0v) is 16.9. The molecule has 7 heteroatoms. The summed E-state index contributed by atoms with van der Waals surface area (Å²) in [7, 11) is 1.55. The highest BCUT2D eigenvalue weighted by molar-refractivity contribution is 5.97. The molecule has 0 aliphatic carbocycles. The number of amides is 2. The molecule has 2 aromatic carbocycles. The van der Waals surface area contributed by atoms with Gasteiger partial charge in [0.1, 0.15) is 22.9 Å². The maximum atomic E-state index is 13.8. The highest BCUT2D eigenvalue weighted by Crippen LogP contribution is 2.34. The smallest absolute Gasteiger partial charge is 0.255 e. The van der Waals surface area contributed by atoms with Gasteiger partial charge in [0.05, 0.1) is 19.2 Å². The van der Waals surface area contributed by atoms with Gasteiger partial charge in [-0.05, 0) is 36.2 Å². The van der Waals surface area contributed by atoms with E-state index in [9.17, 15) is 14.0 Å². The van der Waals surface area contributed by atoms with Gasteiger partial charge in [-0.25, -0.2) is 4.39 Å². The van der Waals surface area contributed by atoms with Gasteiger partial charge in [0.15, 0.2) is 0 Å². The molecule has 1 spiro atoms. The summed E-state index contributed by atoms with van der Waals surface area (Å²) in [6.45, 7) is 1.47. The summed E-state index contributed by atoms with van der Waals surface area (Å²) in [5.74, 6) is 0.671. The third kappa shape index (κ3) is 4.10. The minimum Gasteiger partial charge on any atom is -0.497 e. The highest BCUT2D eigenvalue weighted by atomic mass is 19.1. The van der Waals surface area contributed by atoms with E-state index in [0.29, 0.717) is 61.5 Å². The van der Waals surface area contributed by atoms with E-state index < -0.39 is 5.60 Å². The molecule has 0 unspecified atom stereocenters. The van der Waals surface area contributed by atoms with Crippen LogP contribution in [0.25, 0.3) is 0 Å². The fourth-order valence-electron chi connectivity index (χ4n) is 4.05. The van der Waals surface area contributed by atoms with Crippen LogP contribution >= 0.6 is 0 Å². The number of ether oxygens (including phenoxy) is 2. The van der Waals surface area contributed by atoms with Crippen LogP contribution in [0.5, 0.6) is 11.5 Å². The van der Waals surface area contributed by atoms with Crippen LogP contribution in [0.3, 0.4) is 0 Å². The average molecular weight is 412 g/mol. The predicted molar refractivity (Wildman–Crippen MR) is 109 cm³/mol. The summed E-state index contributed by atoms with van der Waals surface area (Å²) in [5.41, 5.74) is 0.466. The molecular formula is C23H25FN2O4. The number of carbonyl (C=O) groups is 2. The Morgan fingerprint density at radius 2 is 2.00 bits per heavy atom. The standard InChI is InChI=1S/C23H25FN2O4/c1-29-17-7-8-20-18(14-17)22(28)25-15-23(30-20)10-12-26(13-11-23)21(27)9-6-16-4-2-3-5-19(16)24/h2-5,7-8,14H,6,9-13,15H2,1H3,(H,25,28). The zero-order valence-electron chi connectivity index (χ0n) is 16.9. The van der Waals surface area contributed by atoms with E-state index in [4.69, 9.17) is 9.47 Å². The number of nitrogens with one attached hydrogen (secondary N) is 1. The summed E-state index contributed by atoms with van der Waals surface area (Å²) < 4.78 is 25.3. The number of benzene rings is 2. The van der Waals surface area contributed by atoms with Crippen LogP contribution in [0.4, 0.5) is 4.39 Å². The van der Waals surface area contributed by atoms with Crippen LogP contribution in [-0.2, 0) is 11.2 Å². The second kappa shape index (κ2) is 8.34. The van der Waals surface area contributed by atoms with Crippen LogP contribution in [-0.4, -0.2) is 49.1 Å². The Morgan fingerprint density at radius 1 is 1.23 bits per heavy atom. The first-order valence-corrected chi connectivity index (χ1v) is 10.2. The van der Waals surface area contributed by atoms with Gasteiger partial charge in [-0.2, -0.15) is 0 Å². The van der Waals surface area contributed by atoms with Crippen molar-refractivity contribution in [3.8, 4) is 11.5 Å². The van der Waals surface area contributed by atoms with Crippen molar-refractivity contribution in [2.45, 2.75) is 31.3 Å². The second-order valence-electron chi connectivity index (χ2n) is 7.80. The van der Waals surface area contributed by atoms with E-state index in [-0.39, 0.29) is 24.1 Å². The third-order valence-electron chi connectivity index (χ3n) is 5.92. The van der Waals surface area contributed by atoms with Gasteiger partial charge < -0.3 is 19.7 Å². The second-order valence-corrected chi connectivity index (χ2v) is 7.80. The van der Waals surface area contributed by atoms with Gasteiger partial charge in [0.2, 0.25) is 5.91 Å². The SMILES string of the molecule is COc1ccc2c(c1)C(=O)NCC1(CCN(C(=O)CCc3ccccc3F)CC1)O2. The molecule has 0 bridgehead atoms. The lowest BCUT2D eigenvalue weighted by molar-refractivity contribution is -0.134. The Kier molecular flexibility index (Phi) is 5.61. The number of piperidine rings is 1. The van der Waals surface area contributed by atoms with Gasteiger partial charge in [0, 0.05) is 32.4 Å². The first-order valence-electron chi connectivity index (χ1n) is 10.2. The number of methoxy groups -OCH3 is 1. The van der Waals surface area contributed by atoms with E-state index in [1.54, 1.807) is 48.4 Å². The van der Waals surface area contributed by atoms with E-state index in [1.165, 1.54) is 6.07 Å². The van der Waals surface area contributed by atoms with Gasteiger partial charge in [-0.3, -0.25) is 9.59 Å². The first-order chi connectivity index (χ1) is 14.5. The van der Waals surface area contributed by atoms with Crippen molar-refractivity contribution >= 4 is 11.8 Å². The number of rotatable bonds is 4. The van der Waals surface area contributed by atoms with Crippen molar-refractivity contribution in [3.63, 3.8) is 0 Å². The molecule has 4 rings (SSSR count). The minimum absolute atomic E-state index is 0.0101. The van der Waals surface area contributed by atoms with Crippen LogP contribution in [0.2, 0.25) is 0 Å². The van der Waals surface area contributed by atoms with Crippen molar-refractivity contribution in [1.82, 2.24) is 10.2 Å². The van der Waals surface area contributed by atoms with Crippen LogP contribution in [0, 0.1) is 5.82 Å².